The molecule has 0 amide bonds. The highest BCUT2D eigenvalue weighted by Gasteiger charge is 2.35. The third kappa shape index (κ3) is 5.14. The van der Waals surface area contributed by atoms with Crippen LogP contribution in [0.25, 0.3) is 106 Å². The molecule has 278 valence electrons. The van der Waals surface area contributed by atoms with Crippen molar-refractivity contribution in [3.8, 4) is 62.1 Å². The molecular formula is C54H36N4O. The fraction of sp³-hybridized carbons (Fsp3) is 0.0556. The molecule has 0 N–H and O–H groups in total. The Kier molecular flexibility index (Phi) is 6.18. The second-order valence-electron chi connectivity index (χ2n) is 15.7. The van der Waals surface area contributed by atoms with Crippen LogP contribution in [-0.2, 0) is 5.41 Å². The van der Waals surface area contributed by atoms with Crippen LogP contribution in [-0.4, -0.2) is 19.5 Å². The van der Waals surface area contributed by atoms with Gasteiger partial charge < -0.3 is 8.98 Å². The van der Waals surface area contributed by atoms with Crippen LogP contribution in [0.4, 0.5) is 0 Å². The lowest BCUT2D eigenvalue weighted by atomic mass is 9.82. The molecule has 59 heavy (non-hydrogen) atoms. The molecule has 11 aromatic rings. The minimum Gasteiger partial charge on any atom is -0.455 e. The van der Waals surface area contributed by atoms with Crippen LogP contribution in [0.5, 0.6) is 0 Å². The van der Waals surface area contributed by atoms with E-state index >= 15 is 0 Å². The summed E-state index contributed by atoms with van der Waals surface area (Å²) in [6, 6.07) is 49.6. The lowest BCUT2D eigenvalue weighted by Crippen LogP contribution is -2.14. The first-order valence-electron chi connectivity index (χ1n) is 22.2. The smallest absolute Gasteiger partial charge is 0.167 e. The number of rotatable bonds is 5. The van der Waals surface area contributed by atoms with Gasteiger partial charge in [-0.2, -0.15) is 0 Å². The van der Waals surface area contributed by atoms with Gasteiger partial charge in [0.15, 0.2) is 17.5 Å². The molecule has 1 aliphatic rings. The lowest BCUT2D eigenvalue weighted by Gasteiger charge is -2.21. The standard InChI is InChI=1S/C54H36N4O/c1-54(2)45-22-12-9-19-38(45)42-29-36(26-28-46(42)54)52-55-51(34-17-7-4-8-18-34)56-53(57-52)44-32-37(58-47-23-13-10-20-39(47)40-21-11-14-24-48(40)58)31-43-41-27-25-35(30-49(41)59-50(43)44)33-15-5-3-6-16-33/h3-32H,1-2H3/i4D,7D,8D,17D,18D. The molecule has 0 saturated heterocycles. The summed E-state index contributed by atoms with van der Waals surface area (Å²) in [5.74, 6) is 0.466. The van der Waals surface area contributed by atoms with Crippen molar-refractivity contribution < 1.29 is 11.3 Å². The van der Waals surface area contributed by atoms with E-state index in [1.54, 1.807) is 0 Å². The molecule has 1 aliphatic carbocycles. The van der Waals surface area contributed by atoms with Gasteiger partial charge in [0.25, 0.3) is 0 Å². The van der Waals surface area contributed by atoms with Gasteiger partial charge in [0.1, 0.15) is 11.2 Å². The van der Waals surface area contributed by atoms with E-state index in [9.17, 15) is 0 Å². The molecule has 0 saturated carbocycles. The van der Waals surface area contributed by atoms with Crippen molar-refractivity contribution in [2.45, 2.75) is 19.3 Å². The lowest BCUT2D eigenvalue weighted by molar-refractivity contribution is 0.660. The Morgan fingerprint density at radius 3 is 1.90 bits per heavy atom. The molecule has 0 bridgehead atoms. The van der Waals surface area contributed by atoms with Gasteiger partial charge in [-0.3, -0.25) is 0 Å². The van der Waals surface area contributed by atoms with Gasteiger partial charge in [0.05, 0.1) is 23.5 Å². The number of aromatic nitrogens is 4. The Hall–Kier alpha value is -7.63. The maximum Gasteiger partial charge on any atom is 0.167 e. The van der Waals surface area contributed by atoms with Crippen molar-refractivity contribution in [1.82, 2.24) is 19.5 Å². The van der Waals surface area contributed by atoms with Gasteiger partial charge in [-0.15, -0.1) is 0 Å². The Labute approximate surface area is 347 Å². The van der Waals surface area contributed by atoms with Gasteiger partial charge in [-0.25, -0.2) is 15.0 Å². The van der Waals surface area contributed by atoms with E-state index in [-0.39, 0.29) is 28.5 Å². The zero-order chi connectivity index (χ0) is 43.6. The Balaban J connectivity index is 1.18. The first kappa shape index (κ1) is 28.7. The van der Waals surface area contributed by atoms with Crippen molar-refractivity contribution in [3.63, 3.8) is 0 Å². The van der Waals surface area contributed by atoms with Gasteiger partial charge in [0, 0.05) is 43.8 Å². The van der Waals surface area contributed by atoms with E-state index in [2.05, 4.69) is 109 Å². The second kappa shape index (κ2) is 12.7. The van der Waals surface area contributed by atoms with E-state index in [0.717, 1.165) is 60.5 Å². The van der Waals surface area contributed by atoms with Gasteiger partial charge >= 0.3 is 0 Å². The zero-order valence-electron chi connectivity index (χ0n) is 37.1. The van der Waals surface area contributed by atoms with E-state index in [0.29, 0.717) is 22.3 Å². The summed E-state index contributed by atoms with van der Waals surface area (Å²) in [6.07, 6.45) is 0. The van der Waals surface area contributed by atoms with Crippen molar-refractivity contribution in [2.75, 3.05) is 0 Å². The highest BCUT2D eigenvalue weighted by molar-refractivity contribution is 6.13. The normalized spacial score (nSPS) is 14.2. The molecule has 3 aromatic heterocycles. The minimum atomic E-state index is -0.495. The SMILES string of the molecule is [2H]c1c([2H])c([2H])c(-c2nc(-c3ccc4c(c3)-c3ccccc3C4(C)C)nc(-c3cc(-n4c5ccccc5c5ccccc54)cc4c3oc3cc(-c5ccccc5)ccc34)n2)c([2H])c1[2H]. The zero-order valence-corrected chi connectivity index (χ0v) is 32.1. The maximum atomic E-state index is 9.03. The van der Waals surface area contributed by atoms with Crippen LogP contribution in [0, 0.1) is 0 Å². The Bertz CT molecular complexity index is 3700. The molecule has 0 unspecified atom stereocenters. The number of nitrogens with zero attached hydrogens (tertiary/aromatic N) is 4. The molecule has 8 aromatic carbocycles. The Morgan fingerprint density at radius 2 is 1.12 bits per heavy atom. The summed E-state index contributed by atoms with van der Waals surface area (Å²) >= 11 is 0. The summed E-state index contributed by atoms with van der Waals surface area (Å²) in [5, 5.41) is 3.96. The maximum absolute atomic E-state index is 9.03. The van der Waals surface area contributed by atoms with Crippen LogP contribution in [0.15, 0.2) is 186 Å². The fourth-order valence-corrected chi connectivity index (χ4v) is 9.13. The average molecular weight is 762 g/mol. The minimum absolute atomic E-state index is 0.0453. The fourth-order valence-electron chi connectivity index (χ4n) is 9.13. The van der Waals surface area contributed by atoms with E-state index < -0.39 is 30.2 Å². The molecule has 0 atom stereocenters. The molecule has 5 nitrogen and oxygen atoms in total. The summed E-state index contributed by atoms with van der Waals surface area (Å²) in [5.41, 5.74) is 11.7. The number of furan rings is 1. The number of hydrogen-bond donors (Lipinski definition) is 0. The number of para-hydroxylation sites is 2. The van der Waals surface area contributed by atoms with Crippen LogP contribution < -0.4 is 0 Å². The summed E-state index contributed by atoms with van der Waals surface area (Å²) in [6.45, 7) is 4.45. The Morgan fingerprint density at radius 1 is 0.475 bits per heavy atom. The van der Waals surface area contributed by atoms with Crippen LogP contribution in [0.2, 0.25) is 0 Å². The van der Waals surface area contributed by atoms with E-state index in [1.807, 2.05) is 60.7 Å². The van der Waals surface area contributed by atoms with Crippen LogP contribution in [0.1, 0.15) is 31.8 Å². The van der Waals surface area contributed by atoms with Crippen molar-refractivity contribution in [3.05, 3.63) is 193 Å². The van der Waals surface area contributed by atoms with Crippen molar-refractivity contribution in [1.29, 1.82) is 0 Å². The summed E-state index contributed by atoms with van der Waals surface area (Å²) in [7, 11) is 0. The first-order chi connectivity index (χ1) is 31.1. The molecule has 0 fully saturated rings. The van der Waals surface area contributed by atoms with Crippen LogP contribution in [0.3, 0.4) is 0 Å². The monoisotopic (exact) mass is 761 g/mol. The van der Waals surface area contributed by atoms with Gasteiger partial charge in [0.2, 0.25) is 0 Å². The molecule has 5 heteroatoms. The molecule has 0 radical (unpaired) electrons. The number of hydrogen-bond acceptors (Lipinski definition) is 4. The quantitative estimate of drug-likeness (QED) is 0.175. The van der Waals surface area contributed by atoms with Crippen molar-refractivity contribution in [2.24, 2.45) is 0 Å². The first-order valence-corrected chi connectivity index (χ1v) is 19.7. The number of benzene rings is 8. The van der Waals surface area contributed by atoms with Gasteiger partial charge in [-0.05, 0) is 75.8 Å². The highest BCUT2D eigenvalue weighted by atomic mass is 16.3. The van der Waals surface area contributed by atoms with Crippen LogP contribution >= 0.6 is 0 Å². The molecule has 3 heterocycles. The largest absolute Gasteiger partial charge is 0.455 e. The van der Waals surface area contributed by atoms with Gasteiger partial charge in [-0.1, -0.05) is 153 Å². The third-order valence-electron chi connectivity index (χ3n) is 11.9. The molecule has 12 rings (SSSR count). The average Bonchev–Trinajstić information content (AvgIpc) is 3.95. The predicted molar refractivity (Wildman–Crippen MR) is 241 cm³/mol. The molecular weight excluding hydrogens is 721 g/mol. The topological polar surface area (TPSA) is 56.7 Å². The predicted octanol–water partition coefficient (Wildman–Crippen LogP) is 13.8. The number of fused-ring (bicyclic) bond motifs is 9. The highest BCUT2D eigenvalue weighted by Crippen LogP contribution is 2.49. The van der Waals surface area contributed by atoms with E-state index in [1.165, 1.54) is 11.1 Å². The summed E-state index contributed by atoms with van der Waals surface area (Å²) in [4.78, 5) is 15.2. The van der Waals surface area contributed by atoms with E-state index in [4.69, 9.17) is 26.2 Å². The molecule has 0 spiro atoms. The van der Waals surface area contributed by atoms with Crippen molar-refractivity contribution >= 4 is 43.7 Å². The molecule has 0 aliphatic heterocycles. The summed E-state index contributed by atoms with van der Waals surface area (Å²) < 4.78 is 52.8. The second-order valence-corrected chi connectivity index (χ2v) is 15.7. The third-order valence-corrected chi connectivity index (χ3v) is 11.9.